The van der Waals surface area contributed by atoms with Crippen molar-refractivity contribution >= 4 is 27.3 Å². The molecule has 0 bridgehead atoms. The van der Waals surface area contributed by atoms with Gasteiger partial charge in [-0.05, 0) is 49.6 Å². The van der Waals surface area contributed by atoms with Crippen molar-refractivity contribution in [2.75, 3.05) is 15.9 Å². The highest BCUT2D eigenvalue weighted by molar-refractivity contribution is 7.92. The molecule has 5 nitrogen and oxygen atoms in total. The number of amides is 1. The number of nitrogens with one attached hydrogen (secondary N) is 1. The molecule has 7 heteroatoms. The number of para-hydroxylation sites is 1. The predicted molar refractivity (Wildman–Crippen MR) is 107 cm³/mol. The number of benzene rings is 2. The Morgan fingerprint density at radius 3 is 2.33 bits per heavy atom. The van der Waals surface area contributed by atoms with Crippen molar-refractivity contribution in [3.05, 3.63) is 59.9 Å². The summed E-state index contributed by atoms with van der Waals surface area (Å²) in [4.78, 5) is 12.6. The maximum Gasteiger partial charge on any atom is 0.247 e. The zero-order valence-electron chi connectivity index (χ0n) is 15.8. The smallest absolute Gasteiger partial charge is 0.247 e. The third-order valence-electron chi connectivity index (χ3n) is 4.22. The van der Waals surface area contributed by atoms with Crippen LogP contribution in [-0.2, 0) is 21.2 Å². The Bertz CT molecular complexity index is 882. The minimum atomic E-state index is -3.86. The van der Waals surface area contributed by atoms with Gasteiger partial charge < -0.3 is 5.32 Å². The van der Waals surface area contributed by atoms with Crippen LogP contribution in [0.5, 0.6) is 0 Å². The average molecular weight is 392 g/mol. The second-order valence-electron chi connectivity index (χ2n) is 6.48. The Kier molecular flexibility index (Phi) is 6.96. The van der Waals surface area contributed by atoms with Crippen molar-refractivity contribution in [3.8, 4) is 0 Å². The standard InChI is InChI=1S/C20H25FN2O3S/c1-4-5-8-16-11-13-17(14-12-16)22-20(24)15(2)23(27(3,25)26)19-10-7-6-9-18(19)21/h6-7,9-15H,4-5,8H2,1-3H3,(H,22,24)/t15-/m1/s1. The van der Waals surface area contributed by atoms with Gasteiger partial charge in [-0.2, -0.15) is 0 Å². The van der Waals surface area contributed by atoms with Gasteiger partial charge in [-0.1, -0.05) is 37.6 Å². The summed E-state index contributed by atoms with van der Waals surface area (Å²) in [5, 5.41) is 2.70. The molecule has 0 aromatic heterocycles. The van der Waals surface area contributed by atoms with E-state index in [2.05, 4.69) is 12.2 Å². The number of hydrogen-bond acceptors (Lipinski definition) is 3. The molecule has 2 aromatic carbocycles. The fraction of sp³-hybridized carbons (Fsp3) is 0.350. The summed E-state index contributed by atoms with van der Waals surface area (Å²) in [7, 11) is -3.86. The maximum atomic E-state index is 14.1. The molecule has 0 spiro atoms. The molecule has 2 rings (SSSR count). The molecule has 0 aliphatic rings. The van der Waals surface area contributed by atoms with E-state index in [-0.39, 0.29) is 5.69 Å². The van der Waals surface area contributed by atoms with E-state index in [0.29, 0.717) is 5.69 Å². The number of sulfonamides is 1. The lowest BCUT2D eigenvalue weighted by atomic mass is 10.1. The van der Waals surface area contributed by atoms with Crippen molar-refractivity contribution in [2.24, 2.45) is 0 Å². The minimum Gasteiger partial charge on any atom is -0.324 e. The van der Waals surface area contributed by atoms with Gasteiger partial charge in [0.2, 0.25) is 15.9 Å². The van der Waals surface area contributed by atoms with E-state index < -0.39 is 27.8 Å². The summed E-state index contributed by atoms with van der Waals surface area (Å²) in [5.74, 6) is -1.24. The minimum absolute atomic E-state index is 0.155. The Morgan fingerprint density at radius 2 is 1.78 bits per heavy atom. The van der Waals surface area contributed by atoms with Crippen molar-refractivity contribution in [1.29, 1.82) is 0 Å². The first-order valence-corrected chi connectivity index (χ1v) is 10.7. The number of aryl methyl sites for hydroxylation is 1. The molecule has 0 radical (unpaired) electrons. The van der Waals surface area contributed by atoms with Crippen LogP contribution in [0.2, 0.25) is 0 Å². The van der Waals surface area contributed by atoms with Crippen LogP contribution in [-0.4, -0.2) is 26.6 Å². The number of nitrogens with zero attached hydrogens (tertiary/aromatic N) is 1. The van der Waals surface area contributed by atoms with Crippen molar-refractivity contribution in [1.82, 2.24) is 0 Å². The Hall–Kier alpha value is -2.41. The number of anilines is 2. The van der Waals surface area contributed by atoms with Crippen LogP contribution in [0, 0.1) is 5.82 Å². The highest BCUT2D eigenvalue weighted by Gasteiger charge is 2.30. The van der Waals surface area contributed by atoms with Gasteiger partial charge in [0.05, 0.1) is 11.9 Å². The van der Waals surface area contributed by atoms with Gasteiger partial charge in [0.1, 0.15) is 11.9 Å². The first-order valence-electron chi connectivity index (χ1n) is 8.87. The van der Waals surface area contributed by atoms with E-state index in [0.717, 1.165) is 35.9 Å². The van der Waals surface area contributed by atoms with E-state index in [4.69, 9.17) is 0 Å². The lowest BCUT2D eigenvalue weighted by Crippen LogP contribution is -2.45. The van der Waals surface area contributed by atoms with Crippen LogP contribution in [0.15, 0.2) is 48.5 Å². The molecule has 2 aromatic rings. The molecule has 0 aliphatic heterocycles. The van der Waals surface area contributed by atoms with Gasteiger partial charge >= 0.3 is 0 Å². The highest BCUT2D eigenvalue weighted by atomic mass is 32.2. The van der Waals surface area contributed by atoms with E-state index in [1.54, 1.807) is 12.1 Å². The molecule has 0 unspecified atom stereocenters. The fourth-order valence-corrected chi connectivity index (χ4v) is 3.97. The summed E-state index contributed by atoms with van der Waals surface area (Å²) < 4.78 is 39.3. The molecule has 27 heavy (non-hydrogen) atoms. The van der Waals surface area contributed by atoms with Gasteiger partial charge in [0.25, 0.3) is 0 Å². The first-order chi connectivity index (χ1) is 12.7. The number of unbranched alkanes of at least 4 members (excludes halogenated alkanes) is 1. The van der Waals surface area contributed by atoms with Crippen LogP contribution in [0.1, 0.15) is 32.3 Å². The molecule has 0 fully saturated rings. The van der Waals surface area contributed by atoms with Gasteiger partial charge in [-0.3, -0.25) is 9.10 Å². The van der Waals surface area contributed by atoms with Crippen molar-refractivity contribution in [3.63, 3.8) is 0 Å². The van der Waals surface area contributed by atoms with Crippen LogP contribution in [0.25, 0.3) is 0 Å². The molecule has 0 heterocycles. The fourth-order valence-electron chi connectivity index (χ4n) is 2.79. The average Bonchev–Trinajstić information content (AvgIpc) is 2.61. The summed E-state index contributed by atoms with van der Waals surface area (Å²) in [6.45, 7) is 3.55. The molecule has 1 N–H and O–H groups in total. The first kappa shape index (κ1) is 20.9. The lowest BCUT2D eigenvalue weighted by molar-refractivity contribution is -0.116. The van der Waals surface area contributed by atoms with Crippen LogP contribution < -0.4 is 9.62 Å². The van der Waals surface area contributed by atoms with Crippen molar-refractivity contribution < 1.29 is 17.6 Å². The van der Waals surface area contributed by atoms with E-state index >= 15 is 0 Å². The number of rotatable bonds is 8. The third-order valence-corrected chi connectivity index (χ3v) is 5.45. The number of carbonyl (C=O) groups is 1. The lowest BCUT2D eigenvalue weighted by Gasteiger charge is -2.28. The number of carbonyl (C=O) groups excluding carboxylic acids is 1. The van der Waals surface area contributed by atoms with Crippen molar-refractivity contribution in [2.45, 2.75) is 39.2 Å². The molecule has 0 saturated carbocycles. The van der Waals surface area contributed by atoms with Crippen LogP contribution >= 0.6 is 0 Å². The topological polar surface area (TPSA) is 66.5 Å². The predicted octanol–water partition coefficient (Wildman–Crippen LogP) is 3.96. The summed E-state index contributed by atoms with van der Waals surface area (Å²) in [6.07, 6.45) is 4.12. The van der Waals surface area contributed by atoms with Gasteiger partial charge in [-0.25, -0.2) is 12.8 Å². The summed E-state index contributed by atoms with van der Waals surface area (Å²) >= 11 is 0. The second-order valence-corrected chi connectivity index (χ2v) is 8.34. The monoisotopic (exact) mass is 392 g/mol. The van der Waals surface area contributed by atoms with Crippen LogP contribution in [0.4, 0.5) is 15.8 Å². The third kappa shape index (κ3) is 5.53. The second kappa shape index (κ2) is 8.99. The zero-order valence-corrected chi connectivity index (χ0v) is 16.6. The normalized spacial score (nSPS) is 12.4. The summed E-state index contributed by atoms with van der Waals surface area (Å²) in [6, 6.07) is 11.8. The van der Waals surface area contributed by atoms with E-state index in [1.807, 2.05) is 12.1 Å². The molecule has 1 atom stereocenters. The van der Waals surface area contributed by atoms with E-state index in [9.17, 15) is 17.6 Å². The van der Waals surface area contributed by atoms with Gasteiger partial charge in [0, 0.05) is 5.69 Å². The Labute approximate surface area is 160 Å². The largest absolute Gasteiger partial charge is 0.324 e. The molecule has 1 amide bonds. The Balaban J connectivity index is 2.19. The quantitative estimate of drug-likeness (QED) is 0.739. The molecule has 0 saturated heterocycles. The SMILES string of the molecule is CCCCc1ccc(NC(=O)[C@@H](C)N(c2ccccc2F)S(C)(=O)=O)cc1. The molecule has 146 valence electrons. The number of halogens is 1. The molecular weight excluding hydrogens is 367 g/mol. The zero-order chi connectivity index (χ0) is 20.0. The summed E-state index contributed by atoms with van der Waals surface area (Å²) in [5.41, 5.74) is 1.58. The molecular formula is C20H25FN2O3S. The molecule has 0 aliphatic carbocycles. The number of hydrogen-bond donors (Lipinski definition) is 1. The van der Waals surface area contributed by atoms with Gasteiger partial charge in [-0.15, -0.1) is 0 Å². The van der Waals surface area contributed by atoms with E-state index in [1.165, 1.54) is 30.7 Å². The van der Waals surface area contributed by atoms with Gasteiger partial charge in [0.15, 0.2) is 0 Å². The van der Waals surface area contributed by atoms with Crippen LogP contribution in [0.3, 0.4) is 0 Å². The Morgan fingerprint density at radius 1 is 1.15 bits per heavy atom. The highest BCUT2D eigenvalue weighted by Crippen LogP contribution is 2.24. The maximum absolute atomic E-state index is 14.1.